The number of nitrogens with one attached hydrogen (secondary N) is 2. The molecule has 1 saturated heterocycles. The van der Waals surface area contributed by atoms with Crippen molar-refractivity contribution >= 4 is 28.3 Å². The molecular weight excluding hydrogens is 366 g/mol. The van der Waals surface area contributed by atoms with Gasteiger partial charge in [0.15, 0.2) is 0 Å². The first-order valence-electron chi connectivity index (χ1n) is 8.25. The molecule has 25 heavy (non-hydrogen) atoms. The quantitative estimate of drug-likeness (QED) is 0.334. The number of hydrogen-bond donors (Lipinski definition) is 6. The summed E-state index contributed by atoms with van der Waals surface area (Å²) in [4.78, 5) is 12.7. The third-order valence-corrected chi connectivity index (χ3v) is 6.70. The minimum Gasteiger partial charge on any atom is -0.481 e. The molecule has 10 heteroatoms. The molecule has 6 N–H and O–H groups in total. The van der Waals surface area contributed by atoms with Gasteiger partial charge in [-0.3, -0.25) is 13.9 Å². The maximum absolute atomic E-state index is 10.5. The van der Waals surface area contributed by atoms with Crippen molar-refractivity contribution in [2.45, 2.75) is 45.5 Å². The van der Waals surface area contributed by atoms with Crippen molar-refractivity contribution in [2.24, 2.45) is 5.92 Å². The summed E-state index contributed by atoms with van der Waals surface area (Å²) in [6, 6.07) is 3.96. The molecule has 2 heterocycles. The van der Waals surface area contributed by atoms with Crippen LogP contribution < -0.4 is 10.0 Å². The van der Waals surface area contributed by atoms with Gasteiger partial charge in [-0.05, 0) is 37.4 Å². The SMILES string of the molecule is CC(CCNCc1ccc(CN2CC(O)NS2(O)O)s1)CCC(=O)O. The van der Waals surface area contributed by atoms with E-state index in [1.807, 2.05) is 12.1 Å². The highest BCUT2D eigenvalue weighted by molar-refractivity contribution is 8.20. The standard InChI is InChI=1S/C15H27N3O5S2/c1-11(2-5-15(20)21)6-7-16-8-12-3-4-13(24-12)9-18-10-14(19)17-25(18,22)23/h3-4,11,14,16-17,19,22-23H,2,5-10H2,1H3,(H,20,21). The average molecular weight is 394 g/mol. The smallest absolute Gasteiger partial charge is 0.303 e. The third-order valence-electron chi connectivity index (χ3n) is 4.04. The highest BCUT2D eigenvalue weighted by atomic mass is 32.3. The fraction of sp³-hybridized carbons (Fsp3) is 0.667. The molecule has 0 spiro atoms. The van der Waals surface area contributed by atoms with Crippen LogP contribution in [-0.4, -0.2) is 48.9 Å². The number of hydrogen-bond acceptors (Lipinski definition) is 8. The summed E-state index contributed by atoms with van der Waals surface area (Å²) >= 11 is 1.59. The van der Waals surface area contributed by atoms with Crippen molar-refractivity contribution in [1.82, 2.24) is 14.3 Å². The van der Waals surface area contributed by atoms with Crippen LogP contribution in [0.4, 0.5) is 0 Å². The predicted molar refractivity (Wildman–Crippen MR) is 99.1 cm³/mol. The molecule has 1 aliphatic heterocycles. The molecule has 0 amide bonds. The van der Waals surface area contributed by atoms with E-state index in [0.29, 0.717) is 18.9 Å². The molecule has 2 atom stereocenters. The molecule has 1 aliphatic rings. The maximum atomic E-state index is 10.5. The second-order valence-electron chi connectivity index (χ2n) is 6.35. The largest absolute Gasteiger partial charge is 0.481 e. The predicted octanol–water partition coefficient (Wildman–Crippen LogP) is 2.03. The summed E-state index contributed by atoms with van der Waals surface area (Å²) in [7, 11) is -3.08. The van der Waals surface area contributed by atoms with Crippen molar-refractivity contribution in [3.8, 4) is 0 Å². The normalized spacial score (nSPS) is 22.8. The Balaban J connectivity index is 1.69. The van der Waals surface area contributed by atoms with Crippen molar-refractivity contribution in [1.29, 1.82) is 0 Å². The number of nitrogens with zero attached hydrogens (tertiary/aromatic N) is 1. The molecular formula is C15H27N3O5S2. The van der Waals surface area contributed by atoms with Crippen LogP contribution >= 0.6 is 22.3 Å². The van der Waals surface area contributed by atoms with Crippen LogP contribution in [0, 0.1) is 5.92 Å². The Bertz CT molecular complexity index is 569. The van der Waals surface area contributed by atoms with Crippen LogP contribution in [0.2, 0.25) is 0 Å². The van der Waals surface area contributed by atoms with E-state index in [4.69, 9.17) is 5.11 Å². The second kappa shape index (κ2) is 9.28. The minimum absolute atomic E-state index is 0.183. The Labute approximate surface area is 153 Å². The number of aliphatic hydroxyl groups excluding tert-OH is 1. The van der Waals surface area contributed by atoms with Crippen molar-refractivity contribution in [3.05, 3.63) is 21.9 Å². The van der Waals surface area contributed by atoms with Crippen molar-refractivity contribution < 1.29 is 24.1 Å². The lowest BCUT2D eigenvalue weighted by Crippen LogP contribution is -2.25. The summed E-state index contributed by atoms with van der Waals surface area (Å²) in [5.74, 6) is -0.370. The van der Waals surface area contributed by atoms with Gasteiger partial charge in [-0.15, -0.1) is 11.3 Å². The number of carboxylic acid groups (broad SMARTS) is 1. The van der Waals surface area contributed by atoms with Gasteiger partial charge in [-0.25, -0.2) is 0 Å². The molecule has 0 aliphatic carbocycles. The lowest BCUT2D eigenvalue weighted by atomic mass is 10.0. The highest BCUT2D eigenvalue weighted by Crippen LogP contribution is 2.44. The summed E-state index contributed by atoms with van der Waals surface area (Å²) in [6.45, 7) is 4.18. The Hall–Kier alpha value is -0.720. The number of carboxylic acids is 1. The van der Waals surface area contributed by atoms with Gasteiger partial charge in [0.05, 0.1) is 13.1 Å². The van der Waals surface area contributed by atoms with Gasteiger partial charge in [-0.1, -0.05) is 17.9 Å². The fourth-order valence-electron chi connectivity index (χ4n) is 2.60. The summed E-state index contributed by atoms with van der Waals surface area (Å²) in [5, 5.41) is 21.5. The summed E-state index contributed by atoms with van der Waals surface area (Å²) in [5.41, 5.74) is 0. The highest BCUT2D eigenvalue weighted by Gasteiger charge is 2.34. The van der Waals surface area contributed by atoms with E-state index in [-0.39, 0.29) is 13.0 Å². The number of carbonyl (C=O) groups is 1. The van der Waals surface area contributed by atoms with Crippen LogP contribution in [0.3, 0.4) is 0 Å². The van der Waals surface area contributed by atoms with Crippen molar-refractivity contribution in [3.63, 3.8) is 0 Å². The molecule has 2 unspecified atom stereocenters. The van der Waals surface area contributed by atoms with Gasteiger partial charge in [0.1, 0.15) is 6.23 Å². The van der Waals surface area contributed by atoms with Gasteiger partial charge in [0.25, 0.3) is 0 Å². The maximum Gasteiger partial charge on any atom is 0.303 e. The monoisotopic (exact) mass is 393 g/mol. The number of β-amino-alcohol motifs (C(OH)–C–C–N with tert-alkyl or cyclic N) is 1. The number of aliphatic hydroxyl groups is 1. The third kappa shape index (κ3) is 6.83. The van der Waals surface area contributed by atoms with Gasteiger partial charge in [0.2, 0.25) is 0 Å². The zero-order valence-corrected chi connectivity index (χ0v) is 15.9. The average Bonchev–Trinajstić information content (AvgIpc) is 3.05. The first-order valence-corrected chi connectivity index (χ1v) is 10.6. The zero-order chi connectivity index (χ0) is 18.4. The van der Waals surface area contributed by atoms with E-state index >= 15 is 0 Å². The number of aliphatic carboxylic acids is 1. The van der Waals surface area contributed by atoms with Crippen LogP contribution in [0.15, 0.2) is 12.1 Å². The van der Waals surface area contributed by atoms with E-state index in [1.165, 1.54) is 4.31 Å². The number of rotatable bonds is 10. The van der Waals surface area contributed by atoms with Crippen LogP contribution in [0.1, 0.15) is 35.9 Å². The Morgan fingerprint density at radius 2 is 2.16 bits per heavy atom. The molecule has 0 aromatic carbocycles. The lowest BCUT2D eigenvalue weighted by molar-refractivity contribution is -0.137. The molecule has 0 saturated carbocycles. The Kier molecular flexibility index (Phi) is 7.65. The van der Waals surface area contributed by atoms with Crippen molar-refractivity contribution in [2.75, 3.05) is 13.1 Å². The topological polar surface area (TPSA) is 125 Å². The summed E-state index contributed by atoms with van der Waals surface area (Å²) < 4.78 is 23.5. The van der Waals surface area contributed by atoms with Crippen LogP contribution in [0.25, 0.3) is 0 Å². The molecule has 0 radical (unpaired) electrons. The van der Waals surface area contributed by atoms with Crippen LogP contribution in [0.5, 0.6) is 0 Å². The van der Waals surface area contributed by atoms with Gasteiger partial charge >= 0.3 is 5.97 Å². The molecule has 144 valence electrons. The first kappa shape index (κ1) is 20.6. The molecule has 0 bridgehead atoms. The Morgan fingerprint density at radius 1 is 1.44 bits per heavy atom. The van der Waals surface area contributed by atoms with E-state index in [0.717, 1.165) is 29.3 Å². The summed E-state index contributed by atoms with van der Waals surface area (Å²) in [6.07, 6.45) is 0.926. The van der Waals surface area contributed by atoms with E-state index in [2.05, 4.69) is 17.0 Å². The Morgan fingerprint density at radius 3 is 2.80 bits per heavy atom. The van der Waals surface area contributed by atoms with E-state index in [9.17, 15) is 19.0 Å². The first-order chi connectivity index (χ1) is 11.8. The minimum atomic E-state index is -3.08. The molecule has 2 rings (SSSR count). The van der Waals surface area contributed by atoms with Crippen LogP contribution in [-0.2, 0) is 17.9 Å². The molecule has 8 nitrogen and oxygen atoms in total. The molecule has 1 aromatic rings. The lowest BCUT2D eigenvalue weighted by Gasteiger charge is -2.34. The van der Waals surface area contributed by atoms with Gasteiger partial charge in [0, 0.05) is 22.7 Å². The van der Waals surface area contributed by atoms with E-state index < -0.39 is 23.2 Å². The molecule has 1 fully saturated rings. The van der Waals surface area contributed by atoms with Gasteiger partial charge < -0.3 is 15.5 Å². The van der Waals surface area contributed by atoms with E-state index in [1.54, 1.807) is 11.3 Å². The second-order valence-corrected chi connectivity index (χ2v) is 9.39. The molecule has 1 aromatic heterocycles. The fourth-order valence-corrected chi connectivity index (χ4v) is 4.94. The zero-order valence-electron chi connectivity index (χ0n) is 14.2. The number of thiophene rings is 1. The van der Waals surface area contributed by atoms with Gasteiger partial charge in [-0.2, -0.15) is 9.03 Å².